The van der Waals surface area contributed by atoms with E-state index in [0.29, 0.717) is 18.6 Å². The highest BCUT2D eigenvalue weighted by Crippen LogP contribution is 2.17. The molecule has 11 nitrogen and oxygen atoms in total. The zero-order valence-electron chi connectivity index (χ0n) is 24.3. The van der Waals surface area contributed by atoms with Crippen molar-refractivity contribution in [2.24, 2.45) is 5.92 Å². The number of ether oxygens (including phenoxy) is 1. The topological polar surface area (TPSA) is 147 Å². The van der Waals surface area contributed by atoms with Gasteiger partial charge in [-0.1, -0.05) is 18.2 Å². The molecule has 0 aromatic carbocycles. The minimum Gasteiger partial charge on any atom is -0.460 e. The first kappa shape index (κ1) is 35.0. The van der Waals surface area contributed by atoms with E-state index in [2.05, 4.69) is 5.32 Å². The Morgan fingerprint density at radius 2 is 1.62 bits per heavy atom. The summed E-state index contributed by atoms with van der Waals surface area (Å²) < 4.78 is 5.29. The molecule has 0 saturated heterocycles. The number of nitrogens with one attached hydrogen (secondary N) is 1. The third kappa shape index (κ3) is 14.9. The molecule has 224 valence electrons. The molecule has 1 heterocycles. The number of unbranched alkanes of at least 4 members (excludes halogenated alkanes) is 2. The Balaban J connectivity index is 2.65. The SMILES string of the molecule is CC(=O)SCCCCCC(=O)C[C@@H](CC(=O)NCCN1C(=O)C=CC1=O)C(=O)N(C)CCCC(=O)OC(C)(C)C. The van der Waals surface area contributed by atoms with Crippen LogP contribution in [0.25, 0.3) is 0 Å². The van der Waals surface area contributed by atoms with Crippen LogP contribution in [0.15, 0.2) is 12.2 Å². The van der Waals surface area contributed by atoms with Gasteiger partial charge in [0.25, 0.3) is 11.8 Å². The summed E-state index contributed by atoms with van der Waals surface area (Å²) in [5, 5.41) is 2.67. The number of rotatable bonds is 18. The average molecular weight is 582 g/mol. The second-order valence-electron chi connectivity index (χ2n) is 10.8. The zero-order chi connectivity index (χ0) is 30.3. The van der Waals surface area contributed by atoms with E-state index in [1.165, 1.54) is 23.6 Å². The average Bonchev–Trinajstić information content (AvgIpc) is 3.16. The normalized spacial score (nSPS) is 13.8. The predicted octanol–water partition coefficient (Wildman–Crippen LogP) is 2.41. The molecule has 0 bridgehead atoms. The molecule has 40 heavy (non-hydrogen) atoms. The van der Waals surface area contributed by atoms with Crippen molar-refractivity contribution < 1.29 is 38.3 Å². The first-order valence-electron chi connectivity index (χ1n) is 13.6. The van der Waals surface area contributed by atoms with Gasteiger partial charge in [-0.2, -0.15) is 0 Å². The number of imide groups is 1. The van der Waals surface area contributed by atoms with Crippen molar-refractivity contribution in [2.75, 3.05) is 32.4 Å². The van der Waals surface area contributed by atoms with Crippen molar-refractivity contribution in [1.29, 1.82) is 0 Å². The molecule has 0 spiro atoms. The molecule has 1 rings (SSSR count). The van der Waals surface area contributed by atoms with Crippen LogP contribution in [0.4, 0.5) is 0 Å². The van der Waals surface area contributed by atoms with Crippen LogP contribution in [-0.2, 0) is 38.3 Å². The smallest absolute Gasteiger partial charge is 0.306 e. The largest absolute Gasteiger partial charge is 0.460 e. The second-order valence-corrected chi connectivity index (χ2v) is 12.0. The number of carbonyl (C=O) groups is 7. The molecule has 1 aliphatic rings. The quantitative estimate of drug-likeness (QED) is 0.146. The number of hydrogen-bond acceptors (Lipinski definition) is 9. The number of ketones is 1. The first-order valence-corrected chi connectivity index (χ1v) is 14.6. The van der Waals surface area contributed by atoms with Crippen molar-refractivity contribution in [3.63, 3.8) is 0 Å². The van der Waals surface area contributed by atoms with E-state index < -0.39 is 29.2 Å². The van der Waals surface area contributed by atoms with Crippen LogP contribution in [0, 0.1) is 5.92 Å². The molecule has 0 radical (unpaired) electrons. The summed E-state index contributed by atoms with van der Waals surface area (Å²) >= 11 is 1.25. The Morgan fingerprint density at radius 1 is 0.975 bits per heavy atom. The van der Waals surface area contributed by atoms with Gasteiger partial charge in [0.2, 0.25) is 11.8 Å². The molecule has 0 aromatic heterocycles. The monoisotopic (exact) mass is 581 g/mol. The highest BCUT2D eigenvalue weighted by atomic mass is 32.2. The molecule has 4 amide bonds. The summed E-state index contributed by atoms with van der Waals surface area (Å²) in [5.41, 5.74) is -0.601. The van der Waals surface area contributed by atoms with Crippen molar-refractivity contribution in [2.45, 2.75) is 84.7 Å². The van der Waals surface area contributed by atoms with Crippen LogP contribution < -0.4 is 5.32 Å². The van der Waals surface area contributed by atoms with Crippen molar-refractivity contribution in [1.82, 2.24) is 15.1 Å². The molecule has 12 heteroatoms. The molecule has 1 aliphatic heterocycles. The molecular weight excluding hydrogens is 538 g/mol. The maximum absolute atomic E-state index is 13.2. The standard InChI is InChI=1S/C28H43N3O8S/c1-20(32)40-17-8-6-7-10-22(33)18-21(19-23(34)29-14-16-31-24(35)12-13-25(31)36)27(38)30(5)15-9-11-26(37)39-28(2,3)4/h12-13,21H,6-11,14-19H2,1-5H3,(H,29,34)/t21-/m0/s1. The third-order valence-corrected chi connectivity index (χ3v) is 6.79. The number of hydrogen-bond donors (Lipinski definition) is 1. The lowest BCUT2D eigenvalue weighted by molar-refractivity contribution is -0.155. The molecule has 0 saturated carbocycles. The lowest BCUT2D eigenvalue weighted by atomic mass is 9.94. The van der Waals surface area contributed by atoms with E-state index in [1.807, 2.05) is 0 Å². The maximum atomic E-state index is 13.2. The van der Waals surface area contributed by atoms with Crippen molar-refractivity contribution >= 4 is 52.3 Å². The number of carbonyl (C=O) groups excluding carboxylic acids is 7. The van der Waals surface area contributed by atoms with E-state index >= 15 is 0 Å². The number of amides is 4. The minimum absolute atomic E-state index is 0.000429. The molecule has 0 unspecified atom stereocenters. The fourth-order valence-electron chi connectivity index (χ4n) is 3.97. The summed E-state index contributed by atoms with van der Waals surface area (Å²) in [7, 11) is 1.57. The van der Waals surface area contributed by atoms with E-state index in [0.717, 1.165) is 29.9 Å². The highest BCUT2D eigenvalue weighted by molar-refractivity contribution is 8.13. The van der Waals surface area contributed by atoms with Gasteiger partial charge in [-0.15, -0.1) is 0 Å². The summed E-state index contributed by atoms with van der Waals surface area (Å²) in [4.78, 5) is 87.3. The number of thioether (sulfide) groups is 1. The minimum atomic E-state index is -0.885. The fourth-order valence-corrected chi connectivity index (χ4v) is 4.61. The van der Waals surface area contributed by atoms with Crippen molar-refractivity contribution in [3.8, 4) is 0 Å². The molecule has 1 atom stereocenters. The van der Waals surface area contributed by atoms with Crippen LogP contribution in [0.5, 0.6) is 0 Å². The van der Waals surface area contributed by atoms with Gasteiger partial charge in [0.05, 0.1) is 5.92 Å². The van der Waals surface area contributed by atoms with Crippen LogP contribution >= 0.6 is 11.8 Å². The summed E-state index contributed by atoms with van der Waals surface area (Å²) in [6, 6.07) is 0. The highest BCUT2D eigenvalue weighted by Gasteiger charge is 2.28. The van der Waals surface area contributed by atoms with Crippen molar-refractivity contribution in [3.05, 3.63) is 12.2 Å². The van der Waals surface area contributed by atoms with E-state index in [1.54, 1.807) is 27.8 Å². The second kappa shape index (κ2) is 17.6. The molecule has 0 aliphatic carbocycles. The molecule has 0 fully saturated rings. The van der Waals surface area contributed by atoms with Gasteiger partial charge in [-0.3, -0.25) is 38.5 Å². The van der Waals surface area contributed by atoms with Gasteiger partial charge in [-0.05, 0) is 40.0 Å². The van der Waals surface area contributed by atoms with Crippen LogP contribution in [0.2, 0.25) is 0 Å². The zero-order valence-corrected chi connectivity index (χ0v) is 25.1. The Labute approximate surface area is 240 Å². The predicted molar refractivity (Wildman–Crippen MR) is 151 cm³/mol. The lowest BCUT2D eigenvalue weighted by Crippen LogP contribution is -2.41. The lowest BCUT2D eigenvalue weighted by Gasteiger charge is -2.24. The van der Waals surface area contributed by atoms with E-state index in [-0.39, 0.29) is 68.1 Å². The Bertz CT molecular complexity index is 955. The number of Topliss-reactive ketones (excluding diaryl/α,β-unsaturated/α-hetero) is 1. The van der Waals surface area contributed by atoms with Gasteiger partial charge in [0.15, 0.2) is 5.12 Å². The van der Waals surface area contributed by atoms with Gasteiger partial charge in [0.1, 0.15) is 11.4 Å². The summed E-state index contributed by atoms with van der Waals surface area (Å²) in [6.07, 6.45) is 4.97. The van der Waals surface area contributed by atoms with Crippen LogP contribution in [0.3, 0.4) is 0 Å². The Hall–Kier alpha value is -3.02. The van der Waals surface area contributed by atoms with Gasteiger partial charge >= 0.3 is 5.97 Å². The molecule has 0 aromatic rings. The van der Waals surface area contributed by atoms with E-state index in [9.17, 15) is 33.6 Å². The molecular formula is C28H43N3O8S. The third-order valence-electron chi connectivity index (χ3n) is 5.89. The number of esters is 1. The van der Waals surface area contributed by atoms with Crippen LogP contribution in [0.1, 0.15) is 79.1 Å². The Morgan fingerprint density at radius 3 is 2.23 bits per heavy atom. The van der Waals surface area contributed by atoms with Gasteiger partial charge in [0, 0.05) is 77.2 Å². The fraction of sp³-hybridized carbons (Fsp3) is 0.679. The van der Waals surface area contributed by atoms with E-state index in [4.69, 9.17) is 4.74 Å². The summed E-state index contributed by atoms with van der Waals surface area (Å²) in [6.45, 7) is 7.11. The van der Waals surface area contributed by atoms with Gasteiger partial charge in [-0.25, -0.2) is 0 Å². The first-order chi connectivity index (χ1) is 18.7. The molecule has 1 N–H and O–H groups in total. The summed E-state index contributed by atoms with van der Waals surface area (Å²) in [5.74, 6) is -2.44. The number of nitrogens with zero attached hydrogens (tertiary/aromatic N) is 2. The van der Waals surface area contributed by atoms with Gasteiger partial charge < -0.3 is 15.0 Å². The Kier molecular flexibility index (Phi) is 15.4. The van der Waals surface area contributed by atoms with Crippen LogP contribution in [-0.4, -0.2) is 88.3 Å². The maximum Gasteiger partial charge on any atom is 0.306 e.